The maximum absolute atomic E-state index is 12.5. The normalized spacial score (nSPS) is 11.9. The van der Waals surface area contributed by atoms with Crippen LogP contribution in [0.3, 0.4) is 0 Å². The number of esters is 1. The Labute approximate surface area is 170 Å². The topological polar surface area (TPSA) is 88.4 Å². The average molecular weight is 392 g/mol. The summed E-state index contributed by atoms with van der Waals surface area (Å²) in [4.78, 5) is 24.8. The Morgan fingerprint density at radius 1 is 1.10 bits per heavy atom. The first-order chi connectivity index (χ1) is 13.7. The Balaban J connectivity index is 2.08. The second-order valence-corrected chi connectivity index (χ2v) is 6.75. The van der Waals surface area contributed by atoms with Crippen LogP contribution < -0.4 is 10.1 Å². The molecule has 0 saturated carbocycles. The third-order valence-electron chi connectivity index (χ3n) is 4.35. The van der Waals surface area contributed by atoms with Crippen LogP contribution >= 0.6 is 0 Å². The van der Waals surface area contributed by atoms with Gasteiger partial charge in [0, 0.05) is 5.69 Å². The minimum Gasteiger partial charge on any atom is -0.497 e. The number of benzene rings is 2. The molecule has 1 atom stereocenters. The highest BCUT2D eigenvalue weighted by atomic mass is 16.5. The number of methoxy groups -OCH3 is 1. The van der Waals surface area contributed by atoms with E-state index in [9.17, 15) is 14.9 Å². The number of nitrogens with zero attached hydrogens (tertiary/aromatic N) is 1. The van der Waals surface area contributed by atoms with E-state index in [-0.39, 0.29) is 5.57 Å². The van der Waals surface area contributed by atoms with Gasteiger partial charge in [-0.15, -0.1) is 0 Å². The minimum atomic E-state index is -1.06. The molecule has 0 heterocycles. The van der Waals surface area contributed by atoms with Crippen molar-refractivity contribution in [2.24, 2.45) is 0 Å². The number of amides is 1. The summed E-state index contributed by atoms with van der Waals surface area (Å²) >= 11 is 0. The Hall–Kier alpha value is -3.59. The lowest BCUT2D eigenvalue weighted by atomic mass is 10.0. The largest absolute Gasteiger partial charge is 0.497 e. The lowest BCUT2D eigenvalue weighted by Crippen LogP contribution is -2.30. The predicted octanol–water partition coefficient (Wildman–Crippen LogP) is 4.10. The molecule has 1 N–H and O–H groups in total. The fourth-order valence-electron chi connectivity index (χ4n) is 2.88. The summed E-state index contributed by atoms with van der Waals surface area (Å²) in [5.41, 5.74) is 4.08. The van der Waals surface area contributed by atoms with Gasteiger partial charge in [0.25, 0.3) is 5.91 Å². The monoisotopic (exact) mass is 392 g/mol. The van der Waals surface area contributed by atoms with Crippen LogP contribution in [0.25, 0.3) is 6.08 Å². The van der Waals surface area contributed by atoms with E-state index in [1.54, 1.807) is 31.4 Å². The Morgan fingerprint density at radius 2 is 1.69 bits per heavy atom. The summed E-state index contributed by atoms with van der Waals surface area (Å²) in [7, 11) is 1.55. The van der Waals surface area contributed by atoms with Gasteiger partial charge in [-0.3, -0.25) is 4.79 Å². The zero-order valence-electron chi connectivity index (χ0n) is 17.2. The molecule has 2 rings (SSSR count). The van der Waals surface area contributed by atoms with E-state index in [1.165, 1.54) is 13.0 Å². The summed E-state index contributed by atoms with van der Waals surface area (Å²) in [6.45, 7) is 7.25. The van der Waals surface area contributed by atoms with Crippen molar-refractivity contribution in [2.45, 2.75) is 33.8 Å². The van der Waals surface area contributed by atoms with E-state index in [0.717, 1.165) is 16.7 Å². The number of nitrogens with one attached hydrogen (secondary N) is 1. The average Bonchev–Trinajstić information content (AvgIpc) is 2.68. The zero-order valence-corrected chi connectivity index (χ0v) is 17.2. The van der Waals surface area contributed by atoms with Crippen LogP contribution in [0.4, 0.5) is 5.69 Å². The second-order valence-electron chi connectivity index (χ2n) is 6.75. The molecule has 0 spiro atoms. The molecule has 6 nitrogen and oxygen atoms in total. The number of hydrogen-bond donors (Lipinski definition) is 1. The van der Waals surface area contributed by atoms with Crippen molar-refractivity contribution in [1.29, 1.82) is 5.26 Å². The highest BCUT2D eigenvalue weighted by Crippen LogP contribution is 2.22. The van der Waals surface area contributed by atoms with Gasteiger partial charge in [-0.1, -0.05) is 29.8 Å². The number of hydrogen-bond acceptors (Lipinski definition) is 5. The molecule has 0 aliphatic carbocycles. The molecule has 6 heteroatoms. The van der Waals surface area contributed by atoms with E-state index >= 15 is 0 Å². The molecule has 0 fully saturated rings. The van der Waals surface area contributed by atoms with Crippen LogP contribution in [0.5, 0.6) is 5.75 Å². The number of carbonyl (C=O) groups is 2. The Kier molecular flexibility index (Phi) is 7.15. The smallest absolute Gasteiger partial charge is 0.349 e. The van der Waals surface area contributed by atoms with Crippen LogP contribution in [-0.4, -0.2) is 25.1 Å². The maximum atomic E-state index is 12.5. The fraction of sp³-hybridized carbons (Fsp3) is 0.261. The van der Waals surface area contributed by atoms with Gasteiger partial charge in [-0.05, 0) is 62.6 Å². The molecule has 29 heavy (non-hydrogen) atoms. The first-order valence-corrected chi connectivity index (χ1v) is 9.10. The van der Waals surface area contributed by atoms with E-state index in [2.05, 4.69) is 5.32 Å². The van der Waals surface area contributed by atoms with Gasteiger partial charge in [0.1, 0.15) is 17.4 Å². The molecule has 0 radical (unpaired) electrons. The minimum absolute atomic E-state index is 0.197. The first kappa shape index (κ1) is 21.7. The van der Waals surface area contributed by atoms with Crippen molar-refractivity contribution in [3.05, 3.63) is 64.2 Å². The highest BCUT2D eigenvalue weighted by Gasteiger charge is 2.21. The predicted molar refractivity (Wildman–Crippen MR) is 111 cm³/mol. The van der Waals surface area contributed by atoms with Crippen molar-refractivity contribution in [1.82, 2.24) is 0 Å². The molecule has 0 bridgehead atoms. The third kappa shape index (κ3) is 5.69. The lowest BCUT2D eigenvalue weighted by molar-refractivity contribution is -0.148. The summed E-state index contributed by atoms with van der Waals surface area (Å²) in [5, 5.41) is 12.1. The van der Waals surface area contributed by atoms with Crippen molar-refractivity contribution in [3.63, 3.8) is 0 Å². The van der Waals surface area contributed by atoms with Gasteiger partial charge in [-0.2, -0.15) is 5.26 Å². The van der Waals surface area contributed by atoms with Crippen molar-refractivity contribution in [2.75, 3.05) is 12.4 Å². The quantitative estimate of drug-likeness (QED) is 0.454. The van der Waals surface area contributed by atoms with Crippen LogP contribution in [0.2, 0.25) is 0 Å². The molecule has 2 aromatic rings. The SMILES string of the molecule is COc1ccc(/C=C(\C#N)C(=O)O[C@H](C)C(=O)Nc2c(C)cc(C)cc2C)cc1. The molecule has 1 amide bonds. The number of nitriles is 1. The van der Waals surface area contributed by atoms with E-state index in [0.29, 0.717) is 17.0 Å². The molecular weight excluding hydrogens is 368 g/mol. The standard InChI is InChI=1S/C23H24N2O4/c1-14-10-15(2)21(16(3)11-14)25-22(26)17(4)29-23(27)19(13-24)12-18-6-8-20(28-5)9-7-18/h6-12,17H,1-5H3,(H,25,26)/b19-12+/t17-/m1/s1. The van der Waals surface area contributed by atoms with Crippen LogP contribution in [0, 0.1) is 32.1 Å². The lowest BCUT2D eigenvalue weighted by Gasteiger charge is -2.16. The molecule has 0 aromatic heterocycles. The Morgan fingerprint density at radius 3 is 2.21 bits per heavy atom. The molecular formula is C23H24N2O4. The number of carbonyl (C=O) groups excluding carboxylic acids is 2. The second kappa shape index (κ2) is 9.56. The Bertz CT molecular complexity index is 962. The van der Waals surface area contributed by atoms with E-state index in [1.807, 2.05) is 39.0 Å². The summed E-state index contributed by atoms with van der Waals surface area (Å²) < 4.78 is 10.3. The van der Waals surface area contributed by atoms with Crippen molar-refractivity contribution < 1.29 is 19.1 Å². The summed E-state index contributed by atoms with van der Waals surface area (Å²) in [5.74, 6) is -0.659. The molecule has 0 aliphatic heterocycles. The molecule has 0 unspecified atom stereocenters. The van der Waals surface area contributed by atoms with Gasteiger partial charge < -0.3 is 14.8 Å². The van der Waals surface area contributed by atoms with Gasteiger partial charge in [0.05, 0.1) is 7.11 Å². The van der Waals surface area contributed by atoms with E-state index in [4.69, 9.17) is 9.47 Å². The third-order valence-corrected chi connectivity index (χ3v) is 4.35. The first-order valence-electron chi connectivity index (χ1n) is 9.10. The van der Waals surface area contributed by atoms with Crippen LogP contribution in [0.1, 0.15) is 29.2 Å². The maximum Gasteiger partial charge on any atom is 0.349 e. The molecule has 2 aromatic carbocycles. The van der Waals surface area contributed by atoms with Gasteiger partial charge >= 0.3 is 5.97 Å². The molecule has 0 saturated heterocycles. The highest BCUT2D eigenvalue weighted by molar-refractivity contribution is 6.01. The van der Waals surface area contributed by atoms with Gasteiger partial charge in [0.15, 0.2) is 6.10 Å². The zero-order chi connectivity index (χ0) is 21.6. The number of ether oxygens (including phenoxy) is 2. The number of rotatable bonds is 6. The van der Waals surface area contributed by atoms with Crippen LogP contribution in [0.15, 0.2) is 42.0 Å². The van der Waals surface area contributed by atoms with Crippen molar-refractivity contribution >= 4 is 23.6 Å². The van der Waals surface area contributed by atoms with Crippen molar-refractivity contribution in [3.8, 4) is 11.8 Å². The van der Waals surface area contributed by atoms with E-state index < -0.39 is 18.0 Å². The molecule has 0 aliphatic rings. The molecule has 150 valence electrons. The summed E-state index contributed by atoms with van der Waals surface area (Å²) in [6, 6.07) is 12.6. The van der Waals surface area contributed by atoms with Gasteiger partial charge in [0.2, 0.25) is 0 Å². The van der Waals surface area contributed by atoms with Crippen LogP contribution in [-0.2, 0) is 14.3 Å². The fourth-order valence-corrected chi connectivity index (χ4v) is 2.88. The summed E-state index contributed by atoms with van der Waals surface area (Å²) in [6.07, 6.45) is 0.343. The number of aryl methyl sites for hydroxylation is 3. The van der Waals surface area contributed by atoms with Gasteiger partial charge in [-0.25, -0.2) is 4.79 Å². The number of anilines is 1.